The van der Waals surface area contributed by atoms with Crippen molar-refractivity contribution in [3.05, 3.63) is 35.4 Å². The van der Waals surface area contributed by atoms with Gasteiger partial charge >= 0.3 is 6.03 Å². The number of rotatable bonds is 6. The SMILES string of the molecule is NC(=O)NCCNCC(O)c1ccc(F)c(F)c1. The Labute approximate surface area is 103 Å². The molecule has 1 aromatic rings. The molecule has 2 amide bonds. The summed E-state index contributed by atoms with van der Waals surface area (Å²) in [5, 5.41) is 14.9. The average Bonchev–Trinajstić information content (AvgIpc) is 2.31. The summed E-state index contributed by atoms with van der Waals surface area (Å²) in [5.41, 5.74) is 5.13. The van der Waals surface area contributed by atoms with Crippen molar-refractivity contribution in [1.82, 2.24) is 10.6 Å². The van der Waals surface area contributed by atoms with Gasteiger partial charge in [-0.05, 0) is 17.7 Å². The van der Waals surface area contributed by atoms with Gasteiger partial charge in [-0.1, -0.05) is 6.07 Å². The van der Waals surface area contributed by atoms with Gasteiger partial charge < -0.3 is 21.5 Å². The molecule has 0 aromatic heterocycles. The van der Waals surface area contributed by atoms with E-state index < -0.39 is 23.8 Å². The molecule has 5 nitrogen and oxygen atoms in total. The second kappa shape index (κ2) is 6.87. The molecule has 0 saturated carbocycles. The minimum Gasteiger partial charge on any atom is -0.387 e. The van der Waals surface area contributed by atoms with Crippen molar-refractivity contribution in [1.29, 1.82) is 0 Å². The maximum absolute atomic E-state index is 12.9. The van der Waals surface area contributed by atoms with E-state index >= 15 is 0 Å². The quantitative estimate of drug-likeness (QED) is 0.552. The fourth-order valence-electron chi connectivity index (χ4n) is 1.35. The molecule has 0 radical (unpaired) electrons. The average molecular weight is 259 g/mol. The largest absolute Gasteiger partial charge is 0.387 e. The summed E-state index contributed by atoms with van der Waals surface area (Å²) in [4.78, 5) is 10.3. The first kappa shape index (κ1) is 14.3. The van der Waals surface area contributed by atoms with Gasteiger partial charge in [-0.25, -0.2) is 13.6 Å². The minimum atomic E-state index is -0.998. The number of carbonyl (C=O) groups excluding carboxylic acids is 1. The third-order valence-corrected chi connectivity index (χ3v) is 2.27. The summed E-state index contributed by atoms with van der Waals surface area (Å²) in [6, 6.07) is 2.59. The molecule has 7 heteroatoms. The van der Waals surface area contributed by atoms with Crippen molar-refractivity contribution in [2.24, 2.45) is 5.73 Å². The fraction of sp³-hybridized carbons (Fsp3) is 0.364. The Kier molecular flexibility index (Phi) is 5.47. The van der Waals surface area contributed by atoms with Crippen molar-refractivity contribution < 1.29 is 18.7 Å². The first-order valence-corrected chi connectivity index (χ1v) is 5.37. The van der Waals surface area contributed by atoms with Crippen LogP contribution in [-0.4, -0.2) is 30.8 Å². The van der Waals surface area contributed by atoms with Gasteiger partial charge in [0.15, 0.2) is 11.6 Å². The zero-order chi connectivity index (χ0) is 13.5. The van der Waals surface area contributed by atoms with Crippen LogP contribution in [0.25, 0.3) is 0 Å². The van der Waals surface area contributed by atoms with Gasteiger partial charge in [-0.15, -0.1) is 0 Å². The van der Waals surface area contributed by atoms with Crippen LogP contribution in [0.2, 0.25) is 0 Å². The normalized spacial score (nSPS) is 12.2. The second-order valence-corrected chi connectivity index (χ2v) is 3.68. The van der Waals surface area contributed by atoms with Gasteiger partial charge in [0.1, 0.15) is 0 Å². The number of aliphatic hydroxyl groups is 1. The Bertz CT molecular complexity index is 415. The van der Waals surface area contributed by atoms with Crippen molar-refractivity contribution in [3.63, 3.8) is 0 Å². The van der Waals surface area contributed by atoms with Crippen LogP contribution in [0.5, 0.6) is 0 Å². The molecule has 1 atom stereocenters. The maximum Gasteiger partial charge on any atom is 0.312 e. The number of amides is 2. The highest BCUT2D eigenvalue weighted by molar-refractivity contribution is 5.71. The molecule has 0 spiro atoms. The molecule has 100 valence electrons. The number of halogens is 2. The van der Waals surface area contributed by atoms with Crippen LogP contribution in [0.4, 0.5) is 13.6 Å². The van der Waals surface area contributed by atoms with Crippen molar-refractivity contribution in [2.75, 3.05) is 19.6 Å². The Balaban J connectivity index is 2.34. The summed E-state index contributed by atoms with van der Waals surface area (Å²) in [6.07, 6.45) is -0.950. The smallest absolute Gasteiger partial charge is 0.312 e. The fourth-order valence-corrected chi connectivity index (χ4v) is 1.35. The van der Waals surface area contributed by atoms with Crippen LogP contribution >= 0.6 is 0 Å². The van der Waals surface area contributed by atoms with E-state index in [1.807, 2.05) is 0 Å². The number of nitrogens with two attached hydrogens (primary N) is 1. The first-order valence-electron chi connectivity index (χ1n) is 5.37. The Morgan fingerprint density at radius 3 is 2.67 bits per heavy atom. The van der Waals surface area contributed by atoms with E-state index in [0.29, 0.717) is 13.1 Å². The van der Waals surface area contributed by atoms with Gasteiger partial charge in [0.2, 0.25) is 0 Å². The van der Waals surface area contributed by atoms with Crippen LogP contribution in [0.3, 0.4) is 0 Å². The zero-order valence-electron chi connectivity index (χ0n) is 9.62. The monoisotopic (exact) mass is 259 g/mol. The predicted molar refractivity (Wildman–Crippen MR) is 61.8 cm³/mol. The van der Waals surface area contributed by atoms with Gasteiger partial charge in [-0.2, -0.15) is 0 Å². The van der Waals surface area contributed by atoms with Crippen LogP contribution < -0.4 is 16.4 Å². The molecule has 0 fully saturated rings. The Morgan fingerprint density at radius 1 is 1.33 bits per heavy atom. The molecular formula is C11H15F2N3O2. The van der Waals surface area contributed by atoms with Gasteiger partial charge in [0, 0.05) is 19.6 Å². The highest BCUT2D eigenvalue weighted by Crippen LogP contribution is 2.15. The minimum absolute atomic E-state index is 0.158. The van der Waals surface area contributed by atoms with E-state index in [0.717, 1.165) is 12.1 Å². The summed E-state index contributed by atoms with van der Waals surface area (Å²) < 4.78 is 25.6. The van der Waals surface area contributed by atoms with Crippen molar-refractivity contribution in [3.8, 4) is 0 Å². The molecule has 0 aliphatic carbocycles. The standard InChI is InChI=1S/C11H15F2N3O2/c12-8-2-1-7(5-9(8)13)10(17)6-15-3-4-16-11(14)18/h1-2,5,10,15,17H,3-4,6H2,(H3,14,16,18). The third-order valence-electron chi connectivity index (χ3n) is 2.27. The number of nitrogens with one attached hydrogen (secondary N) is 2. The van der Waals surface area contributed by atoms with E-state index in [1.54, 1.807) is 0 Å². The van der Waals surface area contributed by atoms with Gasteiger partial charge in [-0.3, -0.25) is 0 Å². The Morgan fingerprint density at radius 2 is 2.06 bits per heavy atom. The summed E-state index contributed by atoms with van der Waals surface area (Å²) in [5.74, 6) is -1.95. The topological polar surface area (TPSA) is 87.4 Å². The van der Waals surface area contributed by atoms with E-state index in [-0.39, 0.29) is 12.1 Å². The number of urea groups is 1. The Hall–Kier alpha value is -1.73. The maximum atomic E-state index is 12.9. The van der Waals surface area contributed by atoms with Crippen LogP contribution in [0.15, 0.2) is 18.2 Å². The molecule has 5 N–H and O–H groups in total. The lowest BCUT2D eigenvalue weighted by Gasteiger charge is -2.12. The zero-order valence-corrected chi connectivity index (χ0v) is 9.62. The van der Waals surface area contributed by atoms with Crippen molar-refractivity contribution >= 4 is 6.03 Å². The van der Waals surface area contributed by atoms with E-state index in [9.17, 15) is 18.7 Å². The molecule has 0 saturated heterocycles. The molecule has 18 heavy (non-hydrogen) atoms. The molecular weight excluding hydrogens is 244 g/mol. The molecule has 1 rings (SSSR count). The number of benzene rings is 1. The first-order chi connectivity index (χ1) is 8.50. The molecule has 1 aromatic carbocycles. The van der Waals surface area contributed by atoms with E-state index in [2.05, 4.69) is 10.6 Å². The second-order valence-electron chi connectivity index (χ2n) is 3.68. The molecule has 0 bridgehead atoms. The molecule has 0 aliphatic rings. The molecule has 0 heterocycles. The molecule has 0 aliphatic heterocycles. The number of carbonyl (C=O) groups is 1. The number of hydrogen-bond donors (Lipinski definition) is 4. The highest BCUT2D eigenvalue weighted by Gasteiger charge is 2.10. The molecule has 1 unspecified atom stereocenters. The number of primary amides is 1. The number of hydrogen-bond acceptors (Lipinski definition) is 3. The van der Waals surface area contributed by atoms with E-state index in [4.69, 9.17) is 5.73 Å². The van der Waals surface area contributed by atoms with Crippen molar-refractivity contribution in [2.45, 2.75) is 6.10 Å². The number of aliphatic hydroxyl groups excluding tert-OH is 1. The highest BCUT2D eigenvalue weighted by atomic mass is 19.2. The lowest BCUT2D eigenvalue weighted by Crippen LogP contribution is -2.36. The van der Waals surface area contributed by atoms with E-state index in [1.165, 1.54) is 6.07 Å². The summed E-state index contributed by atoms with van der Waals surface area (Å²) in [6.45, 7) is 0.884. The van der Waals surface area contributed by atoms with Gasteiger partial charge in [0.05, 0.1) is 6.10 Å². The van der Waals surface area contributed by atoms with Crippen LogP contribution in [0.1, 0.15) is 11.7 Å². The summed E-state index contributed by atoms with van der Waals surface area (Å²) in [7, 11) is 0. The summed E-state index contributed by atoms with van der Waals surface area (Å²) >= 11 is 0. The third kappa shape index (κ3) is 4.64. The van der Waals surface area contributed by atoms with Gasteiger partial charge in [0.25, 0.3) is 0 Å². The lowest BCUT2D eigenvalue weighted by molar-refractivity contribution is 0.174. The predicted octanol–water partition coefficient (Wildman–Crippen LogP) is 0.256. The van der Waals surface area contributed by atoms with Crippen LogP contribution in [-0.2, 0) is 0 Å². The van der Waals surface area contributed by atoms with Crippen LogP contribution in [0, 0.1) is 11.6 Å². The lowest BCUT2D eigenvalue weighted by atomic mass is 10.1.